The van der Waals surface area contributed by atoms with Crippen molar-refractivity contribution in [2.75, 3.05) is 13.7 Å². The first-order chi connectivity index (χ1) is 14.8. The number of methoxy groups -OCH3 is 1. The van der Waals surface area contributed by atoms with Gasteiger partial charge in [0.2, 0.25) is 0 Å². The van der Waals surface area contributed by atoms with Gasteiger partial charge in [-0.15, -0.1) is 0 Å². The van der Waals surface area contributed by atoms with Crippen molar-refractivity contribution < 1.29 is 9.53 Å². The van der Waals surface area contributed by atoms with E-state index in [1.807, 2.05) is 30.5 Å². The van der Waals surface area contributed by atoms with Crippen LogP contribution >= 0.6 is 0 Å². The van der Waals surface area contributed by atoms with Crippen LogP contribution in [0.15, 0.2) is 48.7 Å². The standard InChI is InChI=1S/C25H28N4O2/c1-25(2,3)24-26-14-19-15-29(13-12-22(19)28-24)16-20-6-5-7-21(27-20)17-8-10-18(11-9-17)23(30)31-4/h5-11,14H,12-13,15-16H2,1-4H3. The van der Waals surface area contributed by atoms with Gasteiger partial charge in [0.1, 0.15) is 5.82 Å². The van der Waals surface area contributed by atoms with Gasteiger partial charge in [0.05, 0.1) is 24.1 Å². The van der Waals surface area contributed by atoms with Gasteiger partial charge >= 0.3 is 5.97 Å². The average Bonchev–Trinajstić information content (AvgIpc) is 2.78. The highest BCUT2D eigenvalue weighted by Crippen LogP contribution is 2.24. The molecule has 3 aromatic rings. The topological polar surface area (TPSA) is 68.2 Å². The maximum atomic E-state index is 11.6. The number of fused-ring (bicyclic) bond motifs is 1. The van der Waals surface area contributed by atoms with Crippen LogP contribution in [0.5, 0.6) is 0 Å². The minimum atomic E-state index is -0.336. The van der Waals surface area contributed by atoms with Gasteiger partial charge in [-0.1, -0.05) is 39.0 Å². The Morgan fingerprint density at radius 2 is 1.87 bits per heavy atom. The molecule has 0 bridgehead atoms. The molecule has 3 heterocycles. The van der Waals surface area contributed by atoms with Crippen LogP contribution in [0.25, 0.3) is 11.3 Å². The van der Waals surface area contributed by atoms with E-state index in [0.29, 0.717) is 5.56 Å². The molecule has 6 nitrogen and oxygen atoms in total. The van der Waals surface area contributed by atoms with E-state index in [0.717, 1.165) is 48.8 Å². The van der Waals surface area contributed by atoms with Crippen LogP contribution in [0.1, 0.15) is 53.9 Å². The van der Waals surface area contributed by atoms with Crippen molar-refractivity contribution in [2.45, 2.75) is 45.7 Å². The zero-order valence-electron chi connectivity index (χ0n) is 18.6. The second kappa shape index (κ2) is 8.55. The van der Waals surface area contributed by atoms with Crippen molar-refractivity contribution in [2.24, 2.45) is 0 Å². The molecule has 0 atom stereocenters. The maximum absolute atomic E-state index is 11.6. The Labute approximate surface area is 183 Å². The van der Waals surface area contributed by atoms with Crippen molar-refractivity contribution in [1.82, 2.24) is 19.9 Å². The third kappa shape index (κ3) is 4.80. The molecule has 0 aliphatic carbocycles. The molecular formula is C25H28N4O2. The molecule has 1 aromatic carbocycles. The molecule has 31 heavy (non-hydrogen) atoms. The number of esters is 1. The number of hydrogen-bond donors (Lipinski definition) is 0. The highest BCUT2D eigenvalue weighted by Gasteiger charge is 2.23. The molecule has 2 aromatic heterocycles. The van der Waals surface area contributed by atoms with Crippen LogP contribution in [-0.4, -0.2) is 39.5 Å². The van der Waals surface area contributed by atoms with Crippen LogP contribution < -0.4 is 0 Å². The maximum Gasteiger partial charge on any atom is 0.337 e. The Kier molecular flexibility index (Phi) is 5.83. The summed E-state index contributed by atoms with van der Waals surface area (Å²) in [6.07, 6.45) is 2.91. The normalized spacial score (nSPS) is 14.2. The third-order valence-electron chi connectivity index (χ3n) is 5.48. The van der Waals surface area contributed by atoms with Gasteiger partial charge in [0.25, 0.3) is 0 Å². The summed E-state index contributed by atoms with van der Waals surface area (Å²) in [5, 5.41) is 0. The van der Waals surface area contributed by atoms with Crippen LogP contribution in [0.2, 0.25) is 0 Å². The van der Waals surface area contributed by atoms with Gasteiger partial charge in [-0.3, -0.25) is 9.88 Å². The van der Waals surface area contributed by atoms with E-state index in [1.165, 1.54) is 18.4 Å². The number of ether oxygens (including phenoxy) is 1. The van der Waals surface area contributed by atoms with E-state index < -0.39 is 0 Å². The van der Waals surface area contributed by atoms with Gasteiger partial charge in [-0.2, -0.15) is 0 Å². The molecule has 1 aliphatic rings. The zero-order chi connectivity index (χ0) is 22.0. The zero-order valence-corrected chi connectivity index (χ0v) is 18.6. The summed E-state index contributed by atoms with van der Waals surface area (Å²) in [6, 6.07) is 13.4. The number of carbonyl (C=O) groups is 1. The van der Waals surface area contributed by atoms with E-state index in [-0.39, 0.29) is 11.4 Å². The Balaban J connectivity index is 1.47. The van der Waals surface area contributed by atoms with E-state index in [1.54, 1.807) is 12.1 Å². The van der Waals surface area contributed by atoms with Gasteiger partial charge in [0.15, 0.2) is 0 Å². The fourth-order valence-corrected chi connectivity index (χ4v) is 3.72. The first-order valence-corrected chi connectivity index (χ1v) is 10.6. The van der Waals surface area contributed by atoms with Crippen LogP contribution in [0.3, 0.4) is 0 Å². The molecule has 160 valence electrons. The van der Waals surface area contributed by atoms with E-state index in [2.05, 4.69) is 36.7 Å². The summed E-state index contributed by atoms with van der Waals surface area (Å²) in [4.78, 5) is 28.3. The lowest BCUT2D eigenvalue weighted by atomic mass is 9.95. The fourth-order valence-electron chi connectivity index (χ4n) is 3.72. The molecule has 1 aliphatic heterocycles. The Morgan fingerprint density at radius 1 is 1.10 bits per heavy atom. The average molecular weight is 417 g/mol. The van der Waals surface area contributed by atoms with Crippen LogP contribution in [0.4, 0.5) is 0 Å². The molecule has 6 heteroatoms. The number of nitrogens with zero attached hydrogens (tertiary/aromatic N) is 4. The smallest absolute Gasteiger partial charge is 0.337 e. The van der Waals surface area contributed by atoms with Crippen LogP contribution in [-0.2, 0) is 29.7 Å². The Hall–Kier alpha value is -3.12. The lowest BCUT2D eigenvalue weighted by molar-refractivity contribution is 0.0600. The summed E-state index contributed by atoms with van der Waals surface area (Å²) >= 11 is 0. The summed E-state index contributed by atoms with van der Waals surface area (Å²) in [7, 11) is 1.38. The number of aromatic nitrogens is 3. The first kappa shape index (κ1) is 21.1. The lowest BCUT2D eigenvalue weighted by Gasteiger charge is -2.29. The largest absolute Gasteiger partial charge is 0.465 e. The second-order valence-electron chi connectivity index (χ2n) is 8.96. The van der Waals surface area contributed by atoms with Gasteiger partial charge in [-0.25, -0.2) is 14.8 Å². The van der Waals surface area contributed by atoms with E-state index >= 15 is 0 Å². The Morgan fingerprint density at radius 3 is 2.58 bits per heavy atom. The summed E-state index contributed by atoms with van der Waals surface area (Å²) in [6.45, 7) is 8.99. The van der Waals surface area contributed by atoms with Gasteiger partial charge < -0.3 is 4.74 Å². The predicted molar refractivity (Wildman–Crippen MR) is 120 cm³/mol. The van der Waals surface area contributed by atoms with E-state index in [9.17, 15) is 4.79 Å². The monoisotopic (exact) mass is 416 g/mol. The predicted octanol–water partition coefficient (Wildman–Crippen LogP) is 4.18. The van der Waals surface area contributed by atoms with Crippen molar-refractivity contribution in [3.05, 3.63) is 77.0 Å². The summed E-state index contributed by atoms with van der Waals surface area (Å²) in [5.74, 6) is 0.574. The highest BCUT2D eigenvalue weighted by molar-refractivity contribution is 5.89. The molecule has 0 saturated heterocycles. The number of carbonyl (C=O) groups excluding carboxylic acids is 1. The quantitative estimate of drug-likeness (QED) is 0.595. The fraction of sp³-hybridized carbons (Fsp3) is 0.360. The summed E-state index contributed by atoms with van der Waals surface area (Å²) < 4.78 is 4.76. The minimum Gasteiger partial charge on any atom is -0.465 e. The molecule has 0 N–H and O–H groups in total. The first-order valence-electron chi connectivity index (χ1n) is 10.6. The van der Waals surface area contributed by atoms with Gasteiger partial charge in [0, 0.05) is 54.5 Å². The van der Waals surface area contributed by atoms with E-state index in [4.69, 9.17) is 14.7 Å². The molecule has 0 saturated carbocycles. The van der Waals surface area contributed by atoms with Gasteiger partial charge in [-0.05, 0) is 24.3 Å². The van der Waals surface area contributed by atoms with Crippen LogP contribution in [0, 0.1) is 0 Å². The SMILES string of the molecule is COC(=O)c1ccc(-c2cccc(CN3CCc4nc(C(C)(C)C)ncc4C3)n2)cc1. The van der Waals surface area contributed by atoms with Crippen molar-refractivity contribution in [3.8, 4) is 11.3 Å². The second-order valence-corrected chi connectivity index (χ2v) is 8.96. The Bertz CT molecular complexity index is 1090. The lowest BCUT2D eigenvalue weighted by Crippen LogP contribution is -2.32. The summed E-state index contributed by atoms with van der Waals surface area (Å²) in [5.41, 5.74) is 5.76. The van der Waals surface area contributed by atoms with Crippen molar-refractivity contribution >= 4 is 5.97 Å². The molecule has 0 spiro atoms. The number of hydrogen-bond acceptors (Lipinski definition) is 6. The molecule has 4 rings (SSSR count). The molecule has 0 fully saturated rings. The van der Waals surface area contributed by atoms with Crippen molar-refractivity contribution in [3.63, 3.8) is 0 Å². The van der Waals surface area contributed by atoms with Crippen molar-refractivity contribution in [1.29, 1.82) is 0 Å². The molecule has 0 radical (unpaired) electrons. The molecule has 0 amide bonds. The third-order valence-corrected chi connectivity index (χ3v) is 5.48. The number of rotatable bonds is 4. The number of pyridine rings is 1. The highest BCUT2D eigenvalue weighted by atomic mass is 16.5. The molecular weight excluding hydrogens is 388 g/mol. The minimum absolute atomic E-state index is 0.0361. The molecule has 0 unspecified atom stereocenters. The number of benzene rings is 1.